The Kier molecular flexibility index (Phi) is 5.68. The van der Waals surface area contributed by atoms with Crippen molar-refractivity contribution in [1.29, 1.82) is 0 Å². The van der Waals surface area contributed by atoms with E-state index in [0.717, 1.165) is 11.1 Å². The van der Waals surface area contributed by atoms with Gasteiger partial charge in [-0.2, -0.15) is 0 Å². The number of amides is 1. The van der Waals surface area contributed by atoms with E-state index in [1.807, 2.05) is 6.07 Å². The SMILES string of the molecule is COc1ccc(Cn2cc(CNC(=O)c3csc4nc(-c5ccc(F)cc5)cn34)nn2)cc1O. The van der Waals surface area contributed by atoms with E-state index < -0.39 is 0 Å². The van der Waals surface area contributed by atoms with Gasteiger partial charge in [-0.15, -0.1) is 16.4 Å². The minimum absolute atomic E-state index is 0.0526. The molecule has 0 bridgehead atoms. The molecule has 9 nitrogen and oxygen atoms in total. The minimum Gasteiger partial charge on any atom is -0.504 e. The molecule has 2 N–H and O–H groups in total. The van der Waals surface area contributed by atoms with E-state index in [1.54, 1.807) is 51.1 Å². The fourth-order valence-electron chi connectivity index (χ4n) is 3.49. The normalized spacial score (nSPS) is 11.1. The largest absolute Gasteiger partial charge is 0.504 e. The molecule has 0 saturated carbocycles. The number of phenolic OH excluding ortho intramolecular Hbond substituents is 1. The van der Waals surface area contributed by atoms with Gasteiger partial charge in [0.05, 0.1) is 32.1 Å². The number of aromatic hydroxyl groups is 1. The number of carbonyl (C=O) groups is 1. The van der Waals surface area contributed by atoms with Gasteiger partial charge in [0, 0.05) is 17.1 Å². The summed E-state index contributed by atoms with van der Waals surface area (Å²) in [4.78, 5) is 18.0. The van der Waals surface area contributed by atoms with E-state index >= 15 is 0 Å². The number of halogens is 1. The van der Waals surface area contributed by atoms with Crippen molar-refractivity contribution in [2.45, 2.75) is 13.1 Å². The fraction of sp³-hybridized carbons (Fsp3) is 0.130. The molecule has 0 aliphatic carbocycles. The maximum atomic E-state index is 13.2. The molecule has 3 aromatic heterocycles. The standard InChI is InChI=1S/C23H19FN6O3S/c1-33-21-7-2-14(8-20(21)31)10-29-11-17(27-28-29)9-25-22(32)19-13-34-23-26-18(12-30(19)23)15-3-5-16(24)6-4-15/h2-8,11-13,31H,9-10H2,1H3,(H,25,32). The van der Waals surface area contributed by atoms with Crippen LogP contribution in [0, 0.1) is 5.82 Å². The molecule has 5 rings (SSSR count). The quantitative estimate of drug-likeness (QED) is 0.371. The number of aromatic nitrogens is 5. The molecule has 172 valence electrons. The maximum absolute atomic E-state index is 13.2. The van der Waals surface area contributed by atoms with Crippen molar-refractivity contribution in [3.05, 3.63) is 83.0 Å². The second-order valence-electron chi connectivity index (χ2n) is 7.50. The summed E-state index contributed by atoms with van der Waals surface area (Å²) in [6.07, 6.45) is 3.49. The molecule has 0 saturated heterocycles. The highest BCUT2D eigenvalue weighted by atomic mass is 32.1. The molecule has 0 radical (unpaired) electrons. The summed E-state index contributed by atoms with van der Waals surface area (Å²) in [6.45, 7) is 0.606. The van der Waals surface area contributed by atoms with Gasteiger partial charge in [-0.3, -0.25) is 9.20 Å². The van der Waals surface area contributed by atoms with Gasteiger partial charge in [0.25, 0.3) is 5.91 Å². The number of carbonyl (C=O) groups excluding carboxylic acids is 1. The van der Waals surface area contributed by atoms with Crippen LogP contribution in [0.15, 0.2) is 60.2 Å². The Morgan fingerprint density at radius 1 is 1.21 bits per heavy atom. The van der Waals surface area contributed by atoms with Crippen LogP contribution < -0.4 is 10.1 Å². The number of rotatable bonds is 7. The van der Waals surface area contributed by atoms with Gasteiger partial charge in [-0.05, 0) is 42.0 Å². The monoisotopic (exact) mass is 478 g/mol. The second-order valence-corrected chi connectivity index (χ2v) is 8.34. The molecule has 11 heteroatoms. The highest BCUT2D eigenvalue weighted by Gasteiger charge is 2.16. The van der Waals surface area contributed by atoms with E-state index in [9.17, 15) is 14.3 Å². The Balaban J connectivity index is 1.24. The first kappa shape index (κ1) is 21.6. The van der Waals surface area contributed by atoms with Crippen LogP contribution in [0.3, 0.4) is 0 Å². The topological polar surface area (TPSA) is 107 Å². The molecule has 0 unspecified atom stereocenters. The van der Waals surface area contributed by atoms with Gasteiger partial charge in [0.2, 0.25) is 0 Å². The Bertz CT molecular complexity index is 1470. The number of methoxy groups -OCH3 is 1. The number of nitrogens with zero attached hydrogens (tertiary/aromatic N) is 5. The molecule has 0 fully saturated rings. The van der Waals surface area contributed by atoms with Crippen molar-refractivity contribution in [1.82, 2.24) is 29.7 Å². The fourth-order valence-corrected chi connectivity index (χ4v) is 4.34. The predicted octanol–water partition coefficient (Wildman–Crippen LogP) is 3.49. The number of imidazole rings is 1. The molecule has 0 atom stereocenters. The smallest absolute Gasteiger partial charge is 0.269 e. The van der Waals surface area contributed by atoms with Gasteiger partial charge in [-0.1, -0.05) is 11.3 Å². The van der Waals surface area contributed by atoms with E-state index in [4.69, 9.17) is 4.74 Å². The van der Waals surface area contributed by atoms with E-state index in [0.29, 0.717) is 34.3 Å². The number of benzene rings is 2. The Morgan fingerprint density at radius 3 is 2.79 bits per heavy atom. The third-order valence-corrected chi connectivity index (χ3v) is 6.03. The molecule has 0 aliphatic heterocycles. The summed E-state index contributed by atoms with van der Waals surface area (Å²) in [5, 5.41) is 22.7. The zero-order valence-electron chi connectivity index (χ0n) is 18.0. The lowest BCUT2D eigenvalue weighted by molar-refractivity contribution is 0.0945. The number of hydrogen-bond acceptors (Lipinski definition) is 7. The van der Waals surface area contributed by atoms with Gasteiger partial charge in [0.1, 0.15) is 17.2 Å². The van der Waals surface area contributed by atoms with Crippen molar-refractivity contribution >= 4 is 22.2 Å². The molecule has 0 aliphatic rings. The Labute approximate surface area is 197 Å². The van der Waals surface area contributed by atoms with E-state index in [1.165, 1.54) is 30.6 Å². The van der Waals surface area contributed by atoms with Crippen LogP contribution in [0.1, 0.15) is 21.7 Å². The van der Waals surface area contributed by atoms with Gasteiger partial charge in [0.15, 0.2) is 16.5 Å². The minimum atomic E-state index is -0.316. The maximum Gasteiger partial charge on any atom is 0.269 e. The molecule has 34 heavy (non-hydrogen) atoms. The predicted molar refractivity (Wildman–Crippen MR) is 123 cm³/mol. The summed E-state index contributed by atoms with van der Waals surface area (Å²) in [5.41, 5.74) is 3.30. The number of ether oxygens (including phenoxy) is 1. The molecule has 1 amide bonds. The van der Waals surface area contributed by atoms with Crippen molar-refractivity contribution in [3.63, 3.8) is 0 Å². The van der Waals surface area contributed by atoms with Crippen LogP contribution >= 0.6 is 11.3 Å². The first-order chi connectivity index (χ1) is 16.5. The molecule has 2 aromatic carbocycles. The molecule has 0 spiro atoms. The summed E-state index contributed by atoms with van der Waals surface area (Å²) < 4.78 is 21.6. The summed E-state index contributed by atoms with van der Waals surface area (Å²) >= 11 is 1.35. The van der Waals surface area contributed by atoms with Crippen molar-refractivity contribution in [2.24, 2.45) is 0 Å². The average molecular weight is 479 g/mol. The van der Waals surface area contributed by atoms with Crippen LogP contribution in [0.25, 0.3) is 16.2 Å². The number of hydrogen-bond donors (Lipinski definition) is 2. The van der Waals surface area contributed by atoms with Crippen molar-refractivity contribution in [2.75, 3.05) is 7.11 Å². The highest BCUT2D eigenvalue weighted by Crippen LogP contribution is 2.26. The third kappa shape index (κ3) is 4.33. The third-order valence-electron chi connectivity index (χ3n) is 5.19. The van der Waals surface area contributed by atoms with Gasteiger partial charge in [-0.25, -0.2) is 14.1 Å². The summed E-state index contributed by atoms with van der Waals surface area (Å²) in [7, 11) is 1.49. The lowest BCUT2D eigenvalue weighted by Gasteiger charge is -2.06. The van der Waals surface area contributed by atoms with Crippen molar-refractivity contribution < 1.29 is 19.0 Å². The number of phenols is 1. The van der Waals surface area contributed by atoms with Crippen LogP contribution in [0.4, 0.5) is 4.39 Å². The van der Waals surface area contributed by atoms with Gasteiger partial charge < -0.3 is 15.2 Å². The summed E-state index contributed by atoms with van der Waals surface area (Å²) in [6, 6.07) is 11.2. The number of thiazole rings is 1. The van der Waals surface area contributed by atoms with Crippen molar-refractivity contribution in [3.8, 4) is 22.8 Å². The number of nitrogens with one attached hydrogen (secondary N) is 1. The van der Waals surface area contributed by atoms with Crippen LogP contribution in [-0.2, 0) is 13.1 Å². The Morgan fingerprint density at radius 2 is 2.03 bits per heavy atom. The molecular weight excluding hydrogens is 459 g/mol. The first-order valence-corrected chi connectivity index (χ1v) is 11.1. The lowest BCUT2D eigenvalue weighted by Crippen LogP contribution is -2.24. The van der Waals surface area contributed by atoms with Crippen LogP contribution in [0.2, 0.25) is 0 Å². The second kappa shape index (κ2) is 8.94. The summed E-state index contributed by atoms with van der Waals surface area (Å²) in [5.74, 6) is -0.138. The van der Waals surface area contributed by atoms with Crippen LogP contribution in [-0.4, -0.2) is 42.5 Å². The molecular formula is C23H19FN6O3S. The van der Waals surface area contributed by atoms with E-state index in [2.05, 4.69) is 20.6 Å². The first-order valence-electron chi connectivity index (χ1n) is 10.3. The zero-order chi connectivity index (χ0) is 23.7. The van der Waals surface area contributed by atoms with E-state index in [-0.39, 0.29) is 24.0 Å². The zero-order valence-corrected chi connectivity index (χ0v) is 18.8. The Hall–Kier alpha value is -4.25. The van der Waals surface area contributed by atoms with Crippen LogP contribution in [0.5, 0.6) is 11.5 Å². The molecule has 5 aromatic rings. The molecule has 3 heterocycles. The number of fused-ring (bicyclic) bond motifs is 1. The van der Waals surface area contributed by atoms with Gasteiger partial charge >= 0.3 is 0 Å². The lowest BCUT2D eigenvalue weighted by atomic mass is 10.2. The highest BCUT2D eigenvalue weighted by molar-refractivity contribution is 7.15. The average Bonchev–Trinajstić information content (AvgIpc) is 3.54.